The number of ether oxygens (including phenoxy) is 3. The maximum absolute atomic E-state index is 12.9. The van der Waals surface area contributed by atoms with Gasteiger partial charge in [0.25, 0.3) is 5.69 Å². The molecule has 0 atom stereocenters. The molecule has 31 heavy (non-hydrogen) atoms. The Bertz CT molecular complexity index is 1030. The average molecular weight is 453 g/mol. The lowest BCUT2D eigenvalue weighted by atomic mass is 10.1. The van der Waals surface area contributed by atoms with Crippen LogP contribution in [0.15, 0.2) is 41.3 Å². The molecule has 168 valence electrons. The molecule has 1 N–H and O–H groups in total. The van der Waals surface area contributed by atoms with Gasteiger partial charge in [0.05, 0.1) is 62.9 Å². The summed E-state index contributed by atoms with van der Waals surface area (Å²) in [6, 6.07) is 8.63. The van der Waals surface area contributed by atoms with E-state index in [9.17, 15) is 18.5 Å². The fourth-order valence-corrected chi connectivity index (χ4v) is 5.05. The number of piperazine rings is 1. The molecule has 0 aromatic heterocycles. The number of nitrogens with zero attached hydrogens (tertiary/aromatic N) is 2. The second kappa shape index (κ2) is 9.50. The first-order chi connectivity index (χ1) is 14.8. The number of rotatable bonds is 8. The Morgan fingerprint density at radius 3 is 2.03 bits per heavy atom. The Kier molecular flexibility index (Phi) is 6.98. The van der Waals surface area contributed by atoms with E-state index in [0.29, 0.717) is 50.0 Å². The zero-order chi connectivity index (χ0) is 22.6. The van der Waals surface area contributed by atoms with Crippen LogP contribution in [0.5, 0.6) is 17.2 Å². The number of nitro benzene ring substituents is 1. The zero-order valence-electron chi connectivity index (χ0n) is 17.7. The van der Waals surface area contributed by atoms with E-state index in [0.717, 1.165) is 5.56 Å². The number of nitrogens with one attached hydrogen (secondary N) is 1. The van der Waals surface area contributed by atoms with Crippen LogP contribution >= 0.6 is 0 Å². The molecule has 3 rings (SSSR count). The summed E-state index contributed by atoms with van der Waals surface area (Å²) in [6.07, 6.45) is 0. The van der Waals surface area contributed by atoms with Crippen LogP contribution in [0.2, 0.25) is 0 Å². The van der Waals surface area contributed by atoms with E-state index in [1.54, 1.807) is 27.4 Å². The van der Waals surface area contributed by atoms with Gasteiger partial charge in [-0.25, -0.2) is 8.42 Å². The van der Waals surface area contributed by atoms with Crippen molar-refractivity contribution in [2.24, 2.45) is 0 Å². The SMILES string of the molecule is COc1cc(OC)c(OC)cc1C[NH+]1CCN(S(=O)(=O)c2ccc([N+](=O)[O-])cc2)CC1. The summed E-state index contributed by atoms with van der Waals surface area (Å²) in [5.41, 5.74) is 0.805. The van der Waals surface area contributed by atoms with Gasteiger partial charge in [-0.1, -0.05) is 0 Å². The molecule has 2 aromatic carbocycles. The predicted octanol–water partition coefficient (Wildman–Crippen LogP) is 0.710. The van der Waals surface area contributed by atoms with Crippen molar-refractivity contribution in [3.63, 3.8) is 0 Å². The molecule has 1 saturated heterocycles. The van der Waals surface area contributed by atoms with E-state index < -0.39 is 14.9 Å². The Labute approximate surface area is 181 Å². The fourth-order valence-electron chi connectivity index (χ4n) is 3.61. The van der Waals surface area contributed by atoms with Gasteiger partial charge in [-0.05, 0) is 18.2 Å². The standard InChI is InChI=1S/C20H25N3O7S/c1-28-18-13-20(30-3)19(29-2)12-15(18)14-21-8-10-22(11-9-21)31(26,27)17-6-4-16(5-7-17)23(24)25/h4-7,12-13H,8-11,14H2,1-3H3/p+1. The summed E-state index contributed by atoms with van der Waals surface area (Å²) >= 11 is 0. The van der Waals surface area contributed by atoms with Gasteiger partial charge in [0.2, 0.25) is 10.0 Å². The lowest BCUT2D eigenvalue weighted by Gasteiger charge is -2.31. The number of quaternary nitrogens is 1. The van der Waals surface area contributed by atoms with Crippen LogP contribution in [0.3, 0.4) is 0 Å². The largest absolute Gasteiger partial charge is 0.496 e. The summed E-state index contributed by atoms with van der Waals surface area (Å²) in [4.78, 5) is 11.5. The van der Waals surface area contributed by atoms with E-state index in [1.165, 1.54) is 33.5 Å². The van der Waals surface area contributed by atoms with E-state index in [1.807, 2.05) is 6.07 Å². The van der Waals surface area contributed by atoms with Crippen LogP contribution in [0.1, 0.15) is 5.56 Å². The number of sulfonamides is 1. The minimum absolute atomic E-state index is 0.0584. The molecule has 2 aromatic rings. The molecule has 0 amide bonds. The van der Waals surface area contributed by atoms with Crippen molar-refractivity contribution >= 4 is 15.7 Å². The van der Waals surface area contributed by atoms with E-state index in [-0.39, 0.29) is 10.6 Å². The third kappa shape index (κ3) is 4.89. The third-order valence-corrected chi connectivity index (χ3v) is 7.25. The van der Waals surface area contributed by atoms with Crippen molar-refractivity contribution in [3.05, 3.63) is 52.1 Å². The van der Waals surface area contributed by atoms with Crippen LogP contribution in [-0.4, -0.2) is 65.2 Å². The van der Waals surface area contributed by atoms with E-state index in [2.05, 4.69) is 0 Å². The normalized spacial score (nSPS) is 15.5. The topological polar surface area (TPSA) is 113 Å². The van der Waals surface area contributed by atoms with Gasteiger partial charge in [0.15, 0.2) is 11.5 Å². The van der Waals surface area contributed by atoms with Crippen molar-refractivity contribution in [2.75, 3.05) is 47.5 Å². The van der Waals surface area contributed by atoms with Gasteiger partial charge < -0.3 is 19.1 Å². The van der Waals surface area contributed by atoms with Gasteiger partial charge >= 0.3 is 0 Å². The number of hydrogen-bond acceptors (Lipinski definition) is 7. The fraction of sp³-hybridized carbons (Fsp3) is 0.400. The lowest BCUT2D eigenvalue weighted by Crippen LogP contribution is -3.13. The molecular formula is C20H26N3O7S+. The second-order valence-corrected chi connectivity index (χ2v) is 9.04. The summed E-state index contributed by atoms with van der Waals surface area (Å²) in [5, 5.41) is 10.8. The molecule has 0 spiro atoms. The molecule has 1 fully saturated rings. The van der Waals surface area contributed by atoms with Crippen LogP contribution in [0, 0.1) is 10.1 Å². The van der Waals surface area contributed by atoms with Crippen molar-refractivity contribution < 1.29 is 32.5 Å². The maximum Gasteiger partial charge on any atom is 0.269 e. The Morgan fingerprint density at radius 2 is 1.52 bits per heavy atom. The van der Waals surface area contributed by atoms with Gasteiger partial charge in [-0.2, -0.15) is 4.31 Å². The molecule has 11 heteroatoms. The van der Waals surface area contributed by atoms with Gasteiger partial charge in [0, 0.05) is 18.2 Å². The highest BCUT2D eigenvalue weighted by atomic mass is 32.2. The van der Waals surface area contributed by atoms with Gasteiger partial charge in [0.1, 0.15) is 12.3 Å². The number of nitro groups is 1. The maximum atomic E-state index is 12.9. The summed E-state index contributed by atoms with van der Waals surface area (Å²) in [5.74, 6) is 1.88. The van der Waals surface area contributed by atoms with Crippen LogP contribution in [-0.2, 0) is 16.6 Å². The minimum Gasteiger partial charge on any atom is -0.496 e. The molecule has 0 saturated carbocycles. The lowest BCUT2D eigenvalue weighted by molar-refractivity contribution is -0.917. The highest BCUT2D eigenvalue weighted by Crippen LogP contribution is 2.34. The highest BCUT2D eigenvalue weighted by molar-refractivity contribution is 7.89. The highest BCUT2D eigenvalue weighted by Gasteiger charge is 2.31. The zero-order valence-corrected chi connectivity index (χ0v) is 18.5. The molecule has 10 nitrogen and oxygen atoms in total. The second-order valence-electron chi connectivity index (χ2n) is 7.10. The monoisotopic (exact) mass is 452 g/mol. The third-order valence-electron chi connectivity index (χ3n) is 5.34. The first-order valence-corrected chi connectivity index (χ1v) is 11.1. The summed E-state index contributed by atoms with van der Waals surface area (Å²) in [6.45, 7) is 2.58. The summed E-state index contributed by atoms with van der Waals surface area (Å²) < 4.78 is 43.4. The average Bonchev–Trinajstić information content (AvgIpc) is 2.79. The van der Waals surface area contributed by atoms with Gasteiger partial charge in [-0.3, -0.25) is 10.1 Å². The first kappa shape index (κ1) is 22.8. The van der Waals surface area contributed by atoms with Crippen molar-refractivity contribution in [2.45, 2.75) is 11.4 Å². The molecule has 0 aliphatic carbocycles. The minimum atomic E-state index is -3.70. The number of methoxy groups -OCH3 is 3. The van der Waals surface area contributed by atoms with Crippen LogP contribution in [0.4, 0.5) is 5.69 Å². The first-order valence-electron chi connectivity index (χ1n) is 9.67. The predicted molar refractivity (Wildman–Crippen MR) is 112 cm³/mol. The van der Waals surface area contributed by atoms with Crippen molar-refractivity contribution in [1.29, 1.82) is 0 Å². The molecule has 1 heterocycles. The molecule has 1 aliphatic heterocycles. The van der Waals surface area contributed by atoms with E-state index >= 15 is 0 Å². The quantitative estimate of drug-likeness (QED) is 0.464. The van der Waals surface area contributed by atoms with E-state index in [4.69, 9.17) is 14.2 Å². The molecule has 0 unspecified atom stereocenters. The number of benzene rings is 2. The summed E-state index contributed by atoms with van der Waals surface area (Å²) in [7, 11) is 1.03. The Hall–Kier alpha value is -2.89. The number of hydrogen-bond donors (Lipinski definition) is 1. The Balaban J connectivity index is 1.69. The molecule has 0 radical (unpaired) electrons. The molecule has 1 aliphatic rings. The molecular weight excluding hydrogens is 426 g/mol. The van der Waals surface area contributed by atoms with Gasteiger partial charge in [-0.15, -0.1) is 0 Å². The van der Waals surface area contributed by atoms with Crippen molar-refractivity contribution in [3.8, 4) is 17.2 Å². The Morgan fingerprint density at radius 1 is 0.968 bits per heavy atom. The van der Waals surface area contributed by atoms with Crippen LogP contribution < -0.4 is 19.1 Å². The van der Waals surface area contributed by atoms with Crippen LogP contribution in [0.25, 0.3) is 0 Å². The molecule has 0 bridgehead atoms. The van der Waals surface area contributed by atoms with Crippen molar-refractivity contribution in [1.82, 2.24) is 4.31 Å². The smallest absolute Gasteiger partial charge is 0.269 e. The number of non-ortho nitro benzene ring substituents is 1.